The van der Waals surface area contributed by atoms with Crippen molar-refractivity contribution in [3.05, 3.63) is 35.4 Å². The van der Waals surface area contributed by atoms with Crippen LogP contribution in [0.15, 0.2) is 18.2 Å². The largest absolute Gasteiger partial charge is 0.478 e. The first-order valence-electron chi connectivity index (χ1n) is 5.48. The molecule has 0 aliphatic heterocycles. The van der Waals surface area contributed by atoms with E-state index in [4.69, 9.17) is 5.11 Å². The molecule has 0 spiro atoms. The maximum Gasteiger partial charge on any atom is 0.335 e. The van der Waals surface area contributed by atoms with E-state index in [1.54, 1.807) is 0 Å². The van der Waals surface area contributed by atoms with E-state index < -0.39 is 11.8 Å². The van der Waals surface area contributed by atoms with Crippen molar-refractivity contribution in [1.29, 1.82) is 0 Å². The van der Waals surface area contributed by atoms with Gasteiger partial charge in [0.2, 0.25) is 0 Å². The van der Waals surface area contributed by atoms with E-state index in [2.05, 4.69) is 15.5 Å². The Morgan fingerprint density at radius 3 is 2.89 bits per heavy atom. The third kappa shape index (κ3) is 1.73. The van der Waals surface area contributed by atoms with Gasteiger partial charge >= 0.3 is 5.97 Å². The SMILES string of the molecule is O=C(O)c1ccc(F)c(-n2nnnc2C2CC2)c1. The minimum Gasteiger partial charge on any atom is -0.478 e. The summed E-state index contributed by atoms with van der Waals surface area (Å²) < 4.78 is 15.0. The van der Waals surface area contributed by atoms with Crippen LogP contribution < -0.4 is 0 Å². The molecule has 0 radical (unpaired) electrons. The van der Waals surface area contributed by atoms with Crippen LogP contribution in [-0.2, 0) is 0 Å². The molecule has 7 heteroatoms. The molecule has 1 N–H and O–H groups in total. The molecule has 0 atom stereocenters. The lowest BCUT2D eigenvalue weighted by Crippen LogP contribution is -2.07. The summed E-state index contributed by atoms with van der Waals surface area (Å²) in [4.78, 5) is 10.9. The van der Waals surface area contributed by atoms with Crippen molar-refractivity contribution in [1.82, 2.24) is 20.2 Å². The van der Waals surface area contributed by atoms with Crippen LogP contribution in [0.2, 0.25) is 0 Å². The lowest BCUT2D eigenvalue weighted by atomic mass is 10.2. The summed E-state index contributed by atoms with van der Waals surface area (Å²) in [7, 11) is 0. The Balaban J connectivity index is 2.12. The molecule has 0 unspecified atom stereocenters. The van der Waals surface area contributed by atoms with E-state index in [0.29, 0.717) is 5.82 Å². The number of carbonyl (C=O) groups is 1. The second-order valence-electron chi connectivity index (χ2n) is 4.19. The van der Waals surface area contributed by atoms with Crippen LogP contribution in [0.5, 0.6) is 0 Å². The van der Waals surface area contributed by atoms with Crippen molar-refractivity contribution < 1.29 is 14.3 Å². The molecular formula is C11H9FN4O2. The topological polar surface area (TPSA) is 80.9 Å². The molecule has 1 aliphatic carbocycles. The highest BCUT2D eigenvalue weighted by molar-refractivity contribution is 5.88. The van der Waals surface area contributed by atoms with Gasteiger partial charge in [0, 0.05) is 5.92 Å². The zero-order valence-electron chi connectivity index (χ0n) is 9.25. The van der Waals surface area contributed by atoms with Crippen LogP contribution >= 0.6 is 0 Å². The summed E-state index contributed by atoms with van der Waals surface area (Å²) in [5, 5.41) is 20.0. The quantitative estimate of drug-likeness (QED) is 0.887. The van der Waals surface area contributed by atoms with Crippen LogP contribution in [0.25, 0.3) is 5.69 Å². The fourth-order valence-corrected chi connectivity index (χ4v) is 1.77. The van der Waals surface area contributed by atoms with Crippen molar-refractivity contribution in [2.24, 2.45) is 0 Å². The Hall–Kier alpha value is -2.31. The molecule has 2 aromatic rings. The summed E-state index contributed by atoms with van der Waals surface area (Å²) in [5.41, 5.74) is 0.0745. The molecule has 1 aromatic heterocycles. The van der Waals surface area contributed by atoms with Crippen molar-refractivity contribution in [3.8, 4) is 5.69 Å². The average Bonchev–Trinajstić information content (AvgIpc) is 3.08. The third-order valence-corrected chi connectivity index (χ3v) is 2.86. The van der Waals surface area contributed by atoms with Crippen molar-refractivity contribution in [3.63, 3.8) is 0 Å². The zero-order valence-corrected chi connectivity index (χ0v) is 9.25. The Bertz CT molecular complexity index is 621. The molecule has 92 valence electrons. The molecule has 1 heterocycles. The maximum atomic E-state index is 13.8. The molecule has 3 rings (SSSR count). The van der Waals surface area contributed by atoms with Crippen LogP contribution in [0.4, 0.5) is 4.39 Å². The highest BCUT2D eigenvalue weighted by atomic mass is 19.1. The second kappa shape index (κ2) is 3.86. The van der Waals surface area contributed by atoms with Crippen molar-refractivity contribution in [2.75, 3.05) is 0 Å². The molecule has 1 saturated carbocycles. The number of hydrogen-bond donors (Lipinski definition) is 1. The highest BCUT2D eigenvalue weighted by Crippen LogP contribution is 2.39. The molecule has 0 amide bonds. The third-order valence-electron chi connectivity index (χ3n) is 2.86. The molecule has 6 nitrogen and oxygen atoms in total. The summed E-state index contributed by atoms with van der Waals surface area (Å²) in [6, 6.07) is 3.55. The molecule has 1 fully saturated rings. The van der Waals surface area contributed by atoms with Gasteiger partial charge in [-0.15, -0.1) is 5.10 Å². The number of aromatic carboxylic acids is 1. The highest BCUT2D eigenvalue weighted by Gasteiger charge is 2.30. The molecule has 1 aliphatic rings. The van der Waals surface area contributed by atoms with Gasteiger partial charge in [0.25, 0.3) is 0 Å². The average molecular weight is 248 g/mol. The lowest BCUT2D eigenvalue weighted by Gasteiger charge is -2.06. The van der Waals surface area contributed by atoms with Gasteiger partial charge in [-0.3, -0.25) is 0 Å². The summed E-state index contributed by atoms with van der Waals surface area (Å²) in [5.74, 6) is -0.837. The minimum atomic E-state index is -1.11. The zero-order chi connectivity index (χ0) is 12.7. The van der Waals surface area contributed by atoms with E-state index in [0.717, 1.165) is 18.9 Å². The van der Waals surface area contributed by atoms with E-state index in [9.17, 15) is 9.18 Å². The Kier molecular flexibility index (Phi) is 2.32. The molecule has 0 saturated heterocycles. The number of rotatable bonds is 3. The fourth-order valence-electron chi connectivity index (χ4n) is 1.77. The predicted molar refractivity (Wildman–Crippen MR) is 58.0 cm³/mol. The summed E-state index contributed by atoms with van der Waals surface area (Å²) in [6.07, 6.45) is 1.95. The number of carboxylic acids is 1. The van der Waals surface area contributed by atoms with Gasteiger partial charge in [0.15, 0.2) is 5.82 Å². The van der Waals surface area contributed by atoms with Gasteiger partial charge in [-0.05, 0) is 41.5 Å². The van der Waals surface area contributed by atoms with E-state index in [1.807, 2.05) is 0 Å². The number of aromatic nitrogens is 4. The lowest BCUT2D eigenvalue weighted by molar-refractivity contribution is 0.0697. The smallest absolute Gasteiger partial charge is 0.335 e. The molecule has 18 heavy (non-hydrogen) atoms. The second-order valence-corrected chi connectivity index (χ2v) is 4.19. The van der Waals surface area contributed by atoms with Gasteiger partial charge in [-0.2, -0.15) is 4.68 Å². The Morgan fingerprint density at radius 1 is 1.44 bits per heavy atom. The van der Waals surface area contributed by atoms with Crippen LogP contribution in [0.1, 0.15) is 34.9 Å². The van der Waals surface area contributed by atoms with E-state index >= 15 is 0 Å². The van der Waals surface area contributed by atoms with Gasteiger partial charge < -0.3 is 5.11 Å². The normalized spacial score (nSPS) is 14.7. The van der Waals surface area contributed by atoms with E-state index in [-0.39, 0.29) is 17.2 Å². The van der Waals surface area contributed by atoms with Gasteiger partial charge in [0.1, 0.15) is 11.5 Å². The number of carboxylic acid groups (broad SMARTS) is 1. The van der Waals surface area contributed by atoms with Crippen LogP contribution in [0.3, 0.4) is 0 Å². The van der Waals surface area contributed by atoms with Crippen molar-refractivity contribution >= 4 is 5.97 Å². The number of nitrogens with zero attached hydrogens (tertiary/aromatic N) is 4. The molecule has 1 aromatic carbocycles. The number of benzene rings is 1. The first kappa shape index (κ1) is 10.8. The fraction of sp³-hybridized carbons (Fsp3) is 0.273. The number of halogens is 1. The monoisotopic (exact) mass is 248 g/mol. The maximum absolute atomic E-state index is 13.8. The number of tetrazole rings is 1. The first-order valence-corrected chi connectivity index (χ1v) is 5.48. The van der Waals surface area contributed by atoms with Gasteiger partial charge in [-0.25, -0.2) is 9.18 Å². The standard InChI is InChI=1S/C11H9FN4O2/c12-8-4-3-7(11(17)18)5-9(8)16-10(6-1-2-6)13-14-15-16/h3-6H,1-2H2,(H,17,18). The number of hydrogen-bond acceptors (Lipinski definition) is 4. The molecular weight excluding hydrogens is 239 g/mol. The first-order chi connectivity index (χ1) is 8.66. The Labute approximate surface area is 101 Å². The molecule has 0 bridgehead atoms. The van der Waals surface area contributed by atoms with Crippen molar-refractivity contribution in [2.45, 2.75) is 18.8 Å². The minimum absolute atomic E-state index is 0.00338. The van der Waals surface area contributed by atoms with Crippen LogP contribution in [0, 0.1) is 5.82 Å². The van der Waals surface area contributed by atoms with Crippen LogP contribution in [-0.4, -0.2) is 31.3 Å². The Morgan fingerprint density at radius 2 is 2.22 bits per heavy atom. The summed E-state index contributed by atoms with van der Waals surface area (Å²) in [6.45, 7) is 0. The summed E-state index contributed by atoms with van der Waals surface area (Å²) >= 11 is 0. The predicted octanol–water partition coefficient (Wildman–Crippen LogP) is 1.38. The van der Waals surface area contributed by atoms with Gasteiger partial charge in [0.05, 0.1) is 5.56 Å². The van der Waals surface area contributed by atoms with E-state index in [1.165, 1.54) is 16.8 Å². The van der Waals surface area contributed by atoms with Gasteiger partial charge in [-0.1, -0.05) is 0 Å².